The molecule has 0 aliphatic rings. The van der Waals surface area contributed by atoms with Crippen molar-refractivity contribution < 1.29 is 31.2 Å². The Kier molecular flexibility index (Phi) is 12.0. The molecule has 0 aromatic heterocycles. The summed E-state index contributed by atoms with van der Waals surface area (Å²) in [5, 5.41) is 2.54. The Bertz CT molecular complexity index is 1570. The lowest BCUT2D eigenvalue weighted by Gasteiger charge is -2.34. The average molecular weight is 693 g/mol. The van der Waals surface area contributed by atoms with Crippen LogP contribution in [-0.4, -0.2) is 44.3 Å². The van der Waals surface area contributed by atoms with Crippen LogP contribution >= 0.6 is 34.8 Å². The maximum absolute atomic E-state index is 14.1. The predicted octanol–water partition coefficient (Wildman–Crippen LogP) is 7.44. The predicted molar refractivity (Wildman–Crippen MR) is 166 cm³/mol. The van der Waals surface area contributed by atoms with Crippen LogP contribution in [0.2, 0.25) is 15.1 Å². The molecule has 0 radical (unpaired) electrons. The lowest BCUT2D eigenvalue weighted by Crippen LogP contribution is -2.52. The van der Waals surface area contributed by atoms with Gasteiger partial charge in [0, 0.05) is 28.7 Å². The molecule has 3 rings (SSSR count). The molecule has 2 amide bonds. The Morgan fingerprint density at radius 2 is 1.52 bits per heavy atom. The van der Waals surface area contributed by atoms with Crippen LogP contribution in [0.15, 0.2) is 71.6 Å². The van der Waals surface area contributed by atoms with E-state index >= 15 is 0 Å². The van der Waals surface area contributed by atoms with Gasteiger partial charge in [-0.1, -0.05) is 79.8 Å². The van der Waals surface area contributed by atoms with Gasteiger partial charge in [-0.2, -0.15) is 13.2 Å². The maximum atomic E-state index is 14.1. The molecule has 3 aromatic carbocycles. The quantitative estimate of drug-likeness (QED) is 0.214. The van der Waals surface area contributed by atoms with Crippen LogP contribution < -0.4 is 9.62 Å². The Morgan fingerprint density at radius 3 is 2.07 bits per heavy atom. The van der Waals surface area contributed by atoms with Crippen LogP contribution in [0, 0.1) is 5.92 Å². The number of nitrogens with one attached hydrogen (secondary N) is 1. The number of anilines is 1. The van der Waals surface area contributed by atoms with Crippen molar-refractivity contribution in [1.82, 2.24) is 10.2 Å². The van der Waals surface area contributed by atoms with Crippen LogP contribution in [0.3, 0.4) is 0 Å². The number of rotatable bonds is 12. The third kappa shape index (κ3) is 8.59. The van der Waals surface area contributed by atoms with Crippen molar-refractivity contribution in [2.75, 3.05) is 17.4 Å². The minimum Gasteiger partial charge on any atom is -0.354 e. The van der Waals surface area contributed by atoms with E-state index in [-0.39, 0.29) is 33.8 Å². The third-order valence-electron chi connectivity index (χ3n) is 6.61. The van der Waals surface area contributed by atoms with Crippen LogP contribution in [0.25, 0.3) is 0 Å². The standard InChI is InChI=1S/C30H31Cl3F3N3O4S/c1-4-27(29(41)37-16-19(2)3)38(17-22-24(31)11-8-12-25(22)32)28(40)18-39(44(42,43)21-9-6-5-7-10-21)20-13-14-26(33)23(15-20)30(34,35)36/h5-15,19,27H,4,16-18H2,1-3H3,(H,37,41). The number of hydrogen-bond acceptors (Lipinski definition) is 4. The molecular weight excluding hydrogens is 662 g/mol. The number of alkyl halides is 3. The summed E-state index contributed by atoms with van der Waals surface area (Å²) in [6.07, 6.45) is -4.78. The van der Waals surface area contributed by atoms with Gasteiger partial charge in [-0.15, -0.1) is 0 Å². The van der Waals surface area contributed by atoms with E-state index in [0.717, 1.165) is 17.0 Å². The van der Waals surface area contributed by atoms with Crippen LogP contribution in [0.4, 0.5) is 18.9 Å². The van der Waals surface area contributed by atoms with Gasteiger partial charge in [-0.25, -0.2) is 8.42 Å². The molecule has 238 valence electrons. The van der Waals surface area contributed by atoms with Gasteiger partial charge in [-0.05, 0) is 54.8 Å². The molecule has 1 unspecified atom stereocenters. The van der Waals surface area contributed by atoms with E-state index in [1.165, 1.54) is 24.3 Å². The molecule has 44 heavy (non-hydrogen) atoms. The van der Waals surface area contributed by atoms with Gasteiger partial charge in [0.1, 0.15) is 12.6 Å². The molecule has 0 aliphatic heterocycles. The maximum Gasteiger partial charge on any atom is 0.417 e. The fraction of sp³-hybridized carbons (Fsp3) is 0.333. The van der Waals surface area contributed by atoms with E-state index in [0.29, 0.717) is 22.5 Å². The monoisotopic (exact) mass is 691 g/mol. The zero-order chi connectivity index (χ0) is 32.8. The molecule has 1 atom stereocenters. The van der Waals surface area contributed by atoms with E-state index < -0.39 is 56.9 Å². The lowest BCUT2D eigenvalue weighted by molar-refractivity contribution is -0.140. The largest absolute Gasteiger partial charge is 0.417 e. The number of sulfonamides is 1. The molecule has 0 fully saturated rings. The highest BCUT2D eigenvalue weighted by Gasteiger charge is 2.37. The van der Waals surface area contributed by atoms with Gasteiger partial charge < -0.3 is 10.2 Å². The molecule has 7 nitrogen and oxygen atoms in total. The normalized spacial score (nSPS) is 12.6. The first-order valence-electron chi connectivity index (χ1n) is 13.5. The molecule has 0 aliphatic carbocycles. The number of carbonyl (C=O) groups excluding carboxylic acids is 2. The molecule has 14 heteroatoms. The SMILES string of the molecule is CCC(C(=O)NCC(C)C)N(Cc1c(Cl)cccc1Cl)C(=O)CN(c1ccc(Cl)c(C(F)(F)F)c1)S(=O)(=O)c1ccccc1. The van der Waals surface area contributed by atoms with Gasteiger partial charge in [0.25, 0.3) is 10.0 Å². The highest BCUT2D eigenvalue weighted by Crippen LogP contribution is 2.38. The third-order valence-corrected chi connectivity index (χ3v) is 9.44. The summed E-state index contributed by atoms with van der Waals surface area (Å²) in [6.45, 7) is 4.53. The second-order valence-corrected chi connectivity index (χ2v) is 13.4. The first-order valence-corrected chi connectivity index (χ1v) is 16.1. The summed E-state index contributed by atoms with van der Waals surface area (Å²) in [5.41, 5.74) is -1.42. The Labute approximate surface area is 269 Å². The van der Waals surface area contributed by atoms with Gasteiger partial charge in [-0.3, -0.25) is 13.9 Å². The minimum absolute atomic E-state index is 0.0952. The second kappa shape index (κ2) is 14.9. The smallest absolute Gasteiger partial charge is 0.354 e. The summed E-state index contributed by atoms with van der Waals surface area (Å²) < 4.78 is 69.7. The van der Waals surface area contributed by atoms with Gasteiger partial charge in [0.05, 0.1) is 21.2 Å². The topological polar surface area (TPSA) is 86.8 Å². The number of halogens is 6. The minimum atomic E-state index is -4.91. The number of hydrogen-bond donors (Lipinski definition) is 1. The Hall–Kier alpha value is -2.99. The molecule has 0 saturated carbocycles. The number of amides is 2. The van der Waals surface area contributed by atoms with E-state index in [4.69, 9.17) is 34.8 Å². The van der Waals surface area contributed by atoms with Crippen molar-refractivity contribution in [2.45, 2.75) is 50.9 Å². The molecule has 0 spiro atoms. The Morgan fingerprint density at radius 1 is 0.909 bits per heavy atom. The van der Waals surface area contributed by atoms with Crippen molar-refractivity contribution in [1.29, 1.82) is 0 Å². The van der Waals surface area contributed by atoms with Crippen LogP contribution in [-0.2, 0) is 32.3 Å². The number of nitrogens with zero attached hydrogens (tertiary/aromatic N) is 2. The van der Waals surface area contributed by atoms with Gasteiger partial charge in [0.15, 0.2) is 0 Å². The van der Waals surface area contributed by atoms with Gasteiger partial charge >= 0.3 is 6.18 Å². The van der Waals surface area contributed by atoms with E-state index in [1.54, 1.807) is 31.2 Å². The molecule has 0 saturated heterocycles. The highest BCUT2D eigenvalue weighted by molar-refractivity contribution is 7.92. The fourth-order valence-electron chi connectivity index (χ4n) is 4.33. The number of benzene rings is 3. The van der Waals surface area contributed by atoms with Crippen LogP contribution in [0.1, 0.15) is 38.3 Å². The molecule has 0 heterocycles. The number of carbonyl (C=O) groups is 2. The zero-order valence-electron chi connectivity index (χ0n) is 24.0. The molecule has 1 N–H and O–H groups in total. The van der Waals surface area contributed by atoms with Crippen molar-refractivity contribution in [3.8, 4) is 0 Å². The molecular formula is C30H31Cl3F3N3O4S. The first-order chi connectivity index (χ1) is 20.6. The summed E-state index contributed by atoms with van der Waals surface area (Å²) >= 11 is 18.6. The highest BCUT2D eigenvalue weighted by atomic mass is 35.5. The van der Waals surface area contributed by atoms with Crippen molar-refractivity contribution in [2.24, 2.45) is 5.92 Å². The molecule has 3 aromatic rings. The molecule has 0 bridgehead atoms. The fourth-order valence-corrected chi connectivity index (χ4v) is 6.50. The van der Waals surface area contributed by atoms with E-state index in [9.17, 15) is 31.2 Å². The van der Waals surface area contributed by atoms with Crippen molar-refractivity contribution in [3.05, 3.63) is 92.9 Å². The summed E-state index contributed by atoms with van der Waals surface area (Å²) in [4.78, 5) is 28.3. The summed E-state index contributed by atoms with van der Waals surface area (Å²) in [5.74, 6) is -1.28. The zero-order valence-corrected chi connectivity index (χ0v) is 27.1. The Balaban J connectivity index is 2.16. The average Bonchev–Trinajstić information content (AvgIpc) is 2.96. The summed E-state index contributed by atoms with van der Waals surface area (Å²) in [6, 6.07) is 13.1. The lowest BCUT2D eigenvalue weighted by atomic mass is 10.1. The van der Waals surface area contributed by atoms with E-state index in [2.05, 4.69) is 5.32 Å². The summed E-state index contributed by atoms with van der Waals surface area (Å²) in [7, 11) is -4.60. The second-order valence-electron chi connectivity index (χ2n) is 10.3. The van der Waals surface area contributed by atoms with Crippen molar-refractivity contribution >= 4 is 62.3 Å². The van der Waals surface area contributed by atoms with Crippen molar-refractivity contribution in [3.63, 3.8) is 0 Å². The van der Waals surface area contributed by atoms with Gasteiger partial charge in [0.2, 0.25) is 11.8 Å². The van der Waals surface area contributed by atoms with Crippen LogP contribution in [0.5, 0.6) is 0 Å². The first kappa shape index (κ1) is 35.5. The van der Waals surface area contributed by atoms with E-state index in [1.807, 2.05) is 13.8 Å².